The fraction of sp³-hybridized carbons (Fsp3) is 0.208. The fourth-order valence-electron chi connectivity index (χ4n) is 3.64. The van der Waals surface area contributed by atoms with Crippen LogP contribution in [-0.4, -0.2) is 5.78 Å². The Morgan fingerprint density at radius 3 is 2.11 bits per heavy atom. The van der Waals surface area contributed by atoms with Gasteiger partial charge in [0.05, 0.1) is 5.66 Å². The van der Waals surface area contributed by atoms with Crippen LogP contribution in [0.3, 0.4) is 0 Å². The zero-order valence-electron chi connectivity index (χ0n) is 16.1. The van der Waals surface area contributed by atoms with Crippen molar-refractivity contribution < 1.29 is 9.36 Å². The van der Waals surface area contributed by atoms with Crippen molar-refractivity contribution in [3.8, 4) is 0 Å². The molecule has 0 radical (unpaired) electrons. The van der Waals surface area contributed by atoms with E-state index >= 15 is 0 Å². The van der Waals surface area contributed by atoms with E-state index in [0.29, 0.717) is 5.56 Å². The lowest BCUT2D eigenvalue weighted by atomic mass is 9.87. The molecule has 0 heterocycles. The summed E-state index contributed by atoms with van der Waals surface area (Å²) in [5.74, 6) is -0.00622. The van der Waals surface area contributed by atoms with Crippen LogP contribution in [0.1, 0.15) is 55.0 Å². The van der Waals surface area contributed by atoms with E-state index in [1.54, 1.807) is 0 Å². The molecule has 0 bridgehead atoms. The number of aryl methyl sites for hydroxylation is 2. The number of hydrogen-bond donors (Lipinski definition) is 0. The van der Waals surface area contributed by atoms with Crippen LogP contribution in [0.4, 0.5) is 0 Å². The summed E-state index contributed by atoms with van der Waals surface area (Å²) in [5.41, 5.74) is 7.06. The van der Waals surface area contributed by atoms with Crippen molar-refractivity contribution >= 4 is 14.2 Å². The van der Waals surface area contributed by atoms with Gasteiger partial charge in [0.1, 0.15) is 0 Å². The minimum Gasteiger partial charge on any atom is -0.289 e. The molecule has 3 heteroatoms. The molecule has 0 aliphatic carbocycles. The molecule has 0 saturated heterocycles. The van der Waals surface area contributed by atoms with E-state index in [2.05, 4.69) is 19.9 Å². The van der Waals surface area contributed by atoms with Gasteiger partial charge in [-0.05, 0) is 61.1 Å². The molecular weight excluding hydrogens is 351 g/mol. The molecule has 2 nitrogen and oxygen atoms in total. The third-order valence-corrected chi connectivity index (χ3v) is 6.09. The van der Waals surface area contributed by atoms with Gasteiger partial charge in [0.15, 0.2) is 14.2 Å². The molecule has 0 aliphatic rings. The van der Waals surface area contributed by atoms with Gasteiger partial charge in [-0.1, -0.05) is 60.7 Å². The fourth-order valence-corrected chi connectivity index (χ4v) is 4.28. The molecular formula is C24H23O2P. The summed E-state index contributed by atoms with van der Waals surface area (Å²) < 4.78 is 12.0. The van der Waals surface area contributed by atoms with Gasteiger partial charge in [-0.25, -0.2) is 0 Å². The quantitative estimate of drug-likeness (QED) is 0.376. The van der Waals surface area contributed by atoms with Gasteiger partial charge >= 0.3 is 0 Å². The Kier molecular flexibility index (Phi) is 5.68. The average Bonchev–Trinajstić information content (AvgIpc) is 2.68. The first-order chi connectivity index (χ1) is 13.0. The van der Waals surface area contributed by atoms with Gasteiger partial charge in [0.2, 0.25) is 0 Å². The third-order valence-electron chi connectivity index (χ3n) is 5.30. The van der Waals surface area contributed by atoms with E-state index in [0.717, 1.165) is 33.4 Å². The second-order valence-electron chi connectivity index (χ2n) is 6.97. The molecule has 0 aliphatic heterocycles. The number of benzene rings is 3. The Balaban J connectivity index is 2.16. The maximum Gasteiger partial charge on any atom is 0.193 e. The first-order valence-corrected chi connectivity index (χ1v) is 9.92. The lowest BCUT2D eigenvalue weighted by molar-refractivity contribution is 0.103. The summed E-state index contributed by atoms with van der Waals surface area (Å²) >= 11 is 0. The smallest absolute Gasteiger partial charge is 0.193 e. The van der Waals surface area contributed by atoms with E-state index in [1.165, 1.54) is 5.56 Å². The van der Waals surface area contributed by atoms with Crippen LogP contribution in [0.5, 0.6) is 0 Å². The zero-order chi connectivity index (χ0) is 19.6. The highest BCUT2D eigenvalue weighted by molar-refractivity contribution is 7.24. The number of hydrogen-bond acceptors (Lipinski definition) is 2. The van der Waals surface area contributed by atoms with Crippen LogP contribution >= 0.6 is 8.46 Å². The van der Waals surface area contributed by atoms with Gasteiger partial charge < -0.3 is 0 Å². The van der Waals surface area contributed by atoms with Crippen molar-refractivity contribution in [1.29, 1.82) is 0 Å². The Labute approximate surface area is 162 Å². The monoisotopic (exact) mass is 374 g/mol. The summed E-state index contributed by atoms with van der Waals surface area (Å²) in [4.78, 5) is 13.5. The van der Waals surface area contributed by atoms with Gasteiger partial charge in [0.25, 0.3) is 0 Å². The molecule has 1 atom stereocenters. The molecule has 0 spiro atoms. The summed E-state index contributed by atoms with van der Waals surface area (Å²) in [6.45, 7) is 8.11. The summed E-state index contributed by atoms with van der Waals surface area (Å²) in [5, 5.41) is 0. The predicted molar refractivity (Wildman–Crippen MR) is 111 cm³/mol. The van der Waals surface area contributed by atoms with E-state index in [1.807, 2.05) is 68.4 Å². The summed E-state index contributed by atoms with van der Waals surface area (Å²) in [7, 11) is -0.0234. The number of carbonyl (C=O) groups excluding carboxylic acids is 1. The van der Waals surface area contributed by atoms with Gasteiger partial charge in [-0.3, -0.25) is 9.36 Å². The second kappa shape index (κ2) is 7.98. The summed E-state index contributed by atoms with van der Waals surface area (Å²) in [6, 6.07) is 19.3. The lowest BCUT2D eigenvalue weighted by Gasteiger charge is -2.18. The molecule has 27 heavy (non-hydrogen) atoms. The first kappa shape index (κ1) is 19.2. The molecule has 0 aromatic heterocycles. The van der Waals surface area contributed by atoms with E-state index in [-0.39, 0.29) is 19.9 Å². The molecule has 3 aromatic carbocycles. The highest BCUT2D eigenvalue weighted by Gasteiger charge is 2.24. The van der Waals surface area contributed by atoms with Crippen molar-refractivity contribution in [2.75, 3.05) is 0 Å². The minimum atomic E-state index is -0.362. The first-order valence-electron chi connectivity index (χ1n) is 9.04. The highest BCUT2D eigenvalue weighted by Crippen LogP contribution is 2.37. The van der Waals surface area contributed by atoms with Gasteiger partial charge in [-0.2, -0.15) is 0 Å². The van der Waals surface area contributed by atoms with E-state index in [9.17, 15) is 9.36 Å². The molecule has 1 unspecified atom stereocenters. The predicted octanol–water partition coefficient (Wildman–Crippen LogP) is 6.53. The van der Waals surface area contributed by atoms with Crippen molar-refractivity contribution in [1.82, 2.24) is 0 Å². The maximum absolute atomic E-state index is 13.5. The van der Waals surface area contributed by atoms with Crippen molar-refractivity contribution in [2.24, 2.45) is 0 Å². The third kappa shape index (κ3) is 3.63. The molecule has 0 N–H and O–H groups in total. The maximum atomic E-state index is 13.5. The number of rotatable bonds is 5. The SMILES string of the molecule is Cc1cc(C)c(C(=O)c2ccccc2C(P=O)c2ccccc2)c(C)c1C. The Morgan fingerprint density at radius 2 is 1.44 bits per heavy atom. The molecule has 3 rings (SSSR count). The lowest BCUT2D eigenvalue weighted by Crippen LogP contribution is -2.12. The van der Waals surface area contributed by atoms with Gasteiger partial charge in [0, 0.05) is 11.1 Å². The van der Waals surface area contributed by atoms with Crippen molar-refractivity contribution in [3.05, 3.63) is 105 Å². The molecule has 0 amide bonds. The largest absolute Gasteiger partial charge is 0.289 e. The highest BCUT2D eigenvalue weighted by atomic mass is 31.1. The summed E-state index contributed by atoms with van der Waals surface area (Å²) in [6.07, 6.45) is 0. The van der Waals surface area contributed by atoms with E-state index < -0.39 is 0 Å². The van der Waals surface area contributed by atoms with E-state index in [4.69, 9.17) is 0 Å². The Hall–Kier alpha value is -2.57. The molecule has 136 valence electrons. The van der Waals surface area contributed by atoms with Crippen molar-refractivity contribution in [3.63, 3.8) is 0 Å². The van der Waals surface area contributed by atoms with Crippen molar-refractivity contribution in [2.45, 2.75) is 33.4 Å². The molecule has 0 saturated carbocycles. The molecule has 3 aromatic rings. The zero-order valence-corrected chi connectivity index (χ0v) is 17.0. The minimum absolute atomic E-state index is 0.00622. The Morgan fingerprint density at radius 1 is 0.815 bits per heavy atom. The average molecular weight is 374 g/mol. The van der Waals surface area contributed by atoms with Gasteiger partial charge in [-0.15, -0.1) is 0 Å². The van der Waals surface area contributed by atoms with Crippen LogP contribution < -0.4 is 0 Å². The van der Waals surface area contributed by atoms with Crippen LogP contribution in [-0.2, 0) is 4.57 Å². The number of ketones is 1. The van der Waals surface area contributed by atoms with Crippen LogP contribution in [0.2, 0.25) is 0 Å². The normalized spacial score (nSPS) is 12.1. The standard InChI is InChI=1S/C24H23O2P/c1-15-14-16(2)22(18(4)17(15)3)23(25)20-12-8-9-13-21(20)24(27-26)19-10-6-5-7-11-19/h5-14,24H,1-4H3. The van der Waals surface area contributed by atoms with Crippen LogP contribution in [0.25, 0.3) is 0 Å². The van der Waals surface area contributed by atoms with Crippen LogP contribution in [0.15, 0.2) is 60.7 Å². The molecule has 0 fully saturated rings. The topological polar surface area (TPSA) is 34.1 Å². The Bertz CT molecular complexity index is 1010. The number of carbonyl (C=O) groups is 1. The van der Waals surface area contributed by atoms with Crippen LogP contribution in [0, 0.1) is 27.7 Å². The second-order valence-corrected chi connectivity index (χ2v) is 7.70.